The number of anilines is 2. The van der Waals surface area contributed by atoms with Crippen LogP contribution in [-0.4, -0.2) is 41.0 Å². The van der Waals surface area contributed by atoms with E-state index < -0.39 is 29.6 Å². The average molecular weight is 536 g/mol. The van der Waals surface area contributed by atoms with Crippen LogP contribution in [0.15, 0.2) is 48.5 Å². The number of halogens is 3. The molecule has 2 aromatic carbocycles. The number of hydrogen-bond acceptors (Lipinski definition) is 4. The number of ether oxygens (including phenoxy) is 1. The first kappa shape index (κ1) is 28.4. The van der Waals surface area contributed by atoms with E-state index >= 15 is 0 Å². The van der Waals surface area contributed by atoms with Gasteiger partial charge in [-0.3, -0.25) is 14.5 Å². The van der Waals surface area contributed by atoms with Gasteiger partial charge in [0.05, 0.1) is 24.3 Å². The van der Waals surface area contributed by atoms with Gasteiger partial charge in [-0.1, -0.05) is 38.7 Å². The van der Waals surface area contributed by atoms with Crippen molar-refractivity contribution in [1.29, 1.82) is 0 Å². The van der Waals surface area contributed by atoms with Gasteiger partial charge in [0.15, 0.2) is 5.11 Å². The maximum Gasteiger partial charge on any atom is 0.416 e. The standard InChI is InChI=1S/C27H32F3N3O3S/c1-3-5-6-7-8-16-32-23(18-24(34)31-20-12-14-22(15-13-20)36-4-2)25(35)33(26(32)37)21-11-9-10-19(17-21)27(28,29)30/h9-15,17,23H,3-8,16,18H2,1-2H3,(H,31,34). The van der Waals surface area contributed by atoms with Crippen molar-refractivity contribution in [2.24, 2.45) is 0 Å². The van der Waals surface area contributed by atoms with E-state index in [1.54, 1.807) is 29.2 Å². The maximum atomic E-state index is 13.4. The quantitative estimate of drug-likeness (QED) is 0.252. The summed E-state index contributed by atoms with van der Waals surface area (Å²) in [4.78, 5) is 29.1. The molecule has 1 heterocycles. The van der Waals surface area contributed by atoms with Crippen molar-refractivity contribution in [2.45, 2.75) is 64.6 Å². The Kier molecular flexibility index (Phi) is 9.91. The molecule has 0 bridgehead atoms. The van der Waals surface area contributed by atoms with Gasteiger partial charge in [0.25, 0.3) is 5.91 Å². The summed E-state index contributed by atoms with van der Waals surface area (Å²) in [5, 5.41) is 2.89. The highest BCUT2D eigenvalue weighted by Crippen LogP contribution is 2.34. The number of rotatable bonds is 12. The number of thiocarbonyl (C=S) groups is 1. The van der Waals surface area contributed by atoms with Crippen LogP contribution >= 0.6 is 12.2 Å². The lowest BCUT2D eigenvalue weighted by Crippen LogP contribution is -2.38. The lowest BCUT2D eigenvalue weighted by molar-refractivity contribution is -0.137. The fraction of sp³-hybridized carbons (Fsp3) is 0.444. The van der Waals surface area contributed by atoms with E-state index in [4.69, 9.17) is 17.0 Å². The Hall–Kier alpha value is -3.14. The zero-order valence-corrected chi connectivity index (χ0v) is 21.8. The minimum absolute atomic E-state index is 0.0372. The van der Waals surface area contributed by atoms with Crippen LogP contribution in [0, 0.1) is 0 Å². The van der Waals surface area contributed by atoms with Crippen LogP contribution < -0.4 is 15.0 Å². The van der Waals surface area contributed by atoms with Gasteiger partial charge in [0.1, 0.15) is 11.8 Å². The van der Waals surface area contributed by atoms with Crippen molar-refractivity contribution < 1.29 is 27.5 Å². The summed E-state index contributed by atoms with van der Waals surface area (Å²) in [6.07, 6.45) is 0.140. The molecule has 0 radical (unpaired) electrons. The molecule has 2 amide bonds. The molecule has 1 N–H and O–H groups in total. The van der Waals surface area contributed by atoms with E-state index in [-0.39, 0.29) is 17.2 Å². The fourth-order valence-electron chi connectivity index (χ4n) is 4.22. The van der Waals surface area contributed by atoms with Crippen molar-refractivity contribution in [3.05, 3.63) is 54.1 Å². The van der Waals surface area contributed by atoms with E-state index in [0.29, 0.717) is 24.6 Å². The van der Waals surface area contributed by atoms with E-state index in [1.807, 2.05) is 6.92 Å². The van der Waals surface area contributed by atoms with Gasteiger partial charge in [0.2, 0.25) is 5.91 Å². The highest BCUT2D eigenvalue weighted by atomic mass is 32.1. The molecule has 1 aliphatic rings. The van der Waals surface area contributed by atoms with Gasteiger partial charge in [-0.15, -0.1) is 0 Å². The van der Waals surface area contributed by atoms with Gasteiger partial charge in [-0.05, 0) is 68.0 Å². The third kappa shape index (κ3) is 7.44. The molecule has 0 spiro atoms. The van der Waals surface area contributed by atoms with Gasteiger partial charge in [-0.2, -0.15) is 13.2 Å². The smallest absolute Gasteiger partial charge is 0.416 e. The highest BCUT2D eigenvalue weighted by Gasteiger charge is 2.44. The third-order valence-corrected chi connectivity index (χ3v) is 6.50. The summed E-state index contributed by atoms with van der Waals surface area (Å²) < 4.78 is 45.3. The monoisotopic (exact) mass is 535 g/mol. The van der Waals surface area contributed by atoms with Crippen LogP contribution in [0.2, 0.25) is 0 Å². The number of nitrogens with one attached hydrogen (secondary N) is 1. The Balaban J connectivity index is 1.78. The van der Waals surface area contributed by atoms with Gasteiger partial charge in [0, 0.05) is 12.2 Å². The molecule has 1 saturated heterocycles. The molecule has 0 aromatic heterocycles. The molecule has 1 fully saturated rings. The SMILES string of the molecule is CCCCCCCN1C(=S)N(c2cccc(C(F)(F)F)c2)C(=O)C1CC(=O)Nc1ccc(OCC)cc1. The Morgan fingerprint density at radius 1 is 1.05 bits per heavy atom. The first-order chi connectivity index (χ1) is 17.7. The van der Waals surface area contributed by atoms with E-state index in [2.05, 4.69) is 12.2 Å². The molecular formula is C27H32F3N3O3S. The van der Waals surface area contributed by atoms with Crippen molar-refractivity contribution in [2.75, 3.05) is 23.4 Å². The van der Waals surface area contributed by atoms with E-state index in [0.717, 1.165) is 49.1 Å². The largest absolute Gasteiger partial charge is 0.494 e. The van der Waals surface area contributed by atoms with Crippen molar-refractivity contribution in [3.8, 4) is 5.75 Å². The van der Waals surface area contributed by atoms with Gasteiger partial charge < -0.3 is 15.0 Å². The predicted octanol–water partition coefficient (Wildman–Crippen LogP) is 6.41. The van der Waals surface area contributed by atoms with Crippen molar-refractivity contribution >= 4 is 40.5 Å². The Morgan fingerprint density at radius 3 is 2.41 bits per heavy atom. The van der Waals surface area contributed by atoms with E-state index in [1.165, 1.54) is 12.1 Å². The number of amides is 2. The molecular weight excluding hydrogens is 503 g/mol. The third-order valence-electron chi connectivity index (χ3n) is 6.08. The van der Waals surface area contributed by atoms with Crippen molar-refractivity contribution in [1.82, 2.24) is 4.90 Å². The highest BCUT2D eigenvalue weighted by molar-refractivity contribution is 7.80. The van der Waals surface area contributed by atoms with Crippen LogP contribution in [0.3, 0.4) is 0 Å². The molecule has 3 rings (SSSR count). The van der Waals surface area contributed by atoms with Gasteiger partial charge >= 0.3 is 6.18 Å². The molecule has 10 heteroatoms. The Labute approximate surface area is 220 Å². The average Bonchev–Trinajstić information content (AvgIpc) is 3.08. The second-order valence-corrected chi connectivity index (χ2v) is 9.20. The van der Waals surface area contributed by atoms with Gasteiger partial charge in [-0.25, -0.2) is 0 Å². The lowest BCUT2D eigenvalue weighted by Gasteiger charge is -2.24. The van der Waals surface area contributed by atoms with Crippen LogP contribution in [0.5, 0.6) is 5.75 Å². The maximum absolute atomic E-state index is 13.4. The topological polar surface area (TPSA) is 61.9 Å². The van der Waals surface area contributed by atoms with E-state index in [9.17, 15) is 22.8 Å². The summed E-state index contributed by atoms with van der Waals surface area (Å²) in [6, 6.07) is 10.5. The molecule has 6 nitrogen and oxygen atoms in total. The minimum atomic E-state index is -4.56. The summed E-state index contributed by atoms with van der Waals surface area (Å²) in [6.45, 7) is 4.94. The second-order valence-electron chi connectivity index (χ2n) is 8.84. The molecule has 0 aliphatic carbocycles. The Morgan fingerprint density at radius 2 is 1.76 bits per heavy atom. The number of carbonyl (C=O) groups is 2. The van der Waals surface area contributed by atoms with Crippen LogP contribution in [-0.2, 0) is 15.8 Å². The molecule has 200 valence electrons. The summed E-state index contributed by atoms with van der Waals surface area (Å²) in [7, 11) is 0. The van der Waals surface area contributed by atoms with Crippen LogP contribution in [0.1, 0.15) is 57.9 Å². The number of hydrogen-bond donors (Lipinski definition) is 1. The minimum Gasteiger partial charge on any atom is -0.494 e. The zero-order valence-electron chi connectivity index (χ0n) is 21.0. The number of unbranched alkanes of at least 4 members (excludes halogenated alkanes) is 4. The first-order valence-electron chi connectivity index (χ1n) is 12.5. The fourth-order valence-corrected chi connectivity index (χ4v) is 4.63. The molecule has 2 aromatic rings. The van der Waals surface area contributed by atoms with Crippen LogP contribution in [0.25, 0.3) is 0 Å². The summed E-state index contributed by atoms with van der Waals surface area (Å²) >= 11 is 5.56. The molecule has 1 unspecified atom stereocenters. The molecule has 1 aliphatic heterocycles. The Bertz CT molecular complexity index is 1090. The zero-order chi connectivity index (χ0) is 27.0. The van der Waals surface area contributed by atoms with Crippen LogP contribution in [0.4, 0.5) is 24.5 Å². The van der Waals surface area contributed by atoms with Crippen molar-refractivity contribution in [3.63, 3.8) is 0 Å². The molecule has 0 saturated carbocycles. The second kappa shape index (κ2) is 12.9. The summed E-state index contributed by atoms with van der Waals surface area (Å²) in [5.41, 5.74) is -0.291. The lowest BCUT2D eigenvalue weighted by atomic mass is 10.1. The normalized spacial score (nSPS) is 15.9. The summed E-state index contributed by atoms with van der Waals surface area (Å²) in [5.74, 6) is -0.241. The predicted molar refractivity (Wildman–Crippen MR) is 142 cm³/mol. The molecule has 37 heavy (non-hydrogen) atoms. The number of benzene rings is 2. The number of carbonyl (C=O) groups excluding carboxylic acids is 2. The first-order valence-corrected chi connectivity index (χ1v) is 12.9. The number of alkyl halides is 3. The molecule has 1 atom stereocenters. The number of nitrogens with zero attached hydrogens (tertiary/aromatic N) is 2.